The number of halogens is 1. The first-order valence-electron chi connectivity index (χ1n) is 6.16. The second-order valence-corrected chi connectivity index (χ2v) is 5.01. The molecule has 0 radical (unpaired) electrons. The summed E-state index contributed by atoms with van der Waals surface area (Å²) in [4.78, 5) is 6.36. The van der Waals surface area contributed by atoms with Crippen LogP contribution < -0.4 is 4.90 Å². The number of aromatic nitrogens is 1. The molecule has 100 valence electrons. The molecule has 1 aromatic heterocycles. The molecule has 0 fully saturated rings. The van der Waals surface area contributed by atoms with E-state index in [1.165, 1.54) is 0 Å². The fourth-order valence-electron chi connectivity index (χ4n) is 2.04. The van der Waals surface area contributed by atoms with Gasteiger partial charge in [0.25, 0.3) is 0 Å². The molecule has 3 nitrogen and oxygen atoms in total. The molecule has 2 rings (SSSR count). The highest BCUT2D eigenvalue weighted by atomic mass is 35.5. The molecule has 0 saturated heterocycles. The molecule has 1 heterocycles. The van der Waals surface area contributed by atoms with Crippen LogP contribution in [-0.2, 0) is 6.54 Å². The predicted molar refractivity (Wildman–Crippen MR) is 78.4 cm³/mol. The summed E-state index contributed by atoms with van der Waals surface area (Å²) < 4.78 is 0. The van der Waals surface area contributed by atoms with Crippen LogP contribution in [0.1, 0.15) is 24.2 Å². The molecule has 0 spiro atoms. The van der Waals surface area contributed by atoms with Crippen molar-refractivity contribution in [2.75, 3.05) is 11.9 Å². The normalized spacial score (nSPS) is 12.2. The summed E-state index contributed by atoms with van der Waals surface area (Å²) in [6.45, 7) is 2.44. The highest BCUT2D eigenvalue weighted by molar-refractivity contribution is 6.30. The highest BCUT2D eigenvalue weighted by Gasteiger charge is 2.12. The van der Waals surface area contributed by atoms with E-state index in [0.29, 0.717) is 6.54 Å². The number of benzene rings is 1. The molecular weight excluding hydrogens is 260 g/mol. The van der Waals surface area contributed by atoms with E-state index in [2.05, 4.69) is 4.98 Å². The van der Waals surface area contributed by atoms with Crippen LogP contribution in [0.15, 0.2) is 42.6 Å². The Balaban J connectivity index is 2.23. The number of aliphatic hydroxyl groups excluding tert-OH is 1. The zero-order chi connectivity index (χ0) is 13.8. The van der Waals surface area contributed by atoms with Crippen LogP contribution >= 0.6 is 11.6 Å². The van der Waals surface area contributed by atoms with Crippen LogP contribution in [0.2, 0.25) is 5.02 Å². The lowest BCUT2D eigenvalue weighted by Gasteiger charge is -2.22. The molecule has 0 amide bonds. The Morgan fingerprint density at radius 1 is 1.32 bits per heavy atom. The van der Waals surface area contributed by atoms with Crippen LogP contribution in [0.5, 0.6) is 0 Å². The summed E-state index contributed by atoms with van der Waals surface area (Å²) in [7, 11) is 1.95. The van der Waals surface area contributed by atoms with Gasteiger partial charge in [0.15, 0.2) is 0 Å². The molecule has 0 saturated carbocycles. The van der Waals surface area contributed by atoms with Crippen LogP contribution in [0.25, 0.3) is 0 Å². The average molecular weight is 277 g/mol. The number of hydrogen-bond donors (Lipinski definition) is 1. The van der Waals surface area contributed by atoms with Crippen LogP contribution in [0.4, 0.5) is 5.82 Å². The zero-order valence-corrected chi connectivity index (χ0v) is 11.8. The second kappa shape index (κ2) is 6.04. The molecule has 0 aliphatic carbocycles. The van der Waals surface area contributed by atoms with E-state index in [-0.39, 0.29) is 0 Å². The maximum atomic E-state index is 9.78. The first-order valence-corrected chi connectivity index (χ1v) is 6.54. The lowest BCUT2D eigenvalue weighted by atomic mass is 10.1. The van der Waals surface area contributed by atoms with Crippen molar-refractivity contribution in [1.82, 2.24) is 4.98 Å². The third-order valence-corrected chi connectivity index (χ3v) is 3.17. The molecule has 0 aliphatic heterocycles. The van der Waals surface area contributed by atoms with Gasteiger partial charge in [0.1, 0.15) is 5.82 Å². The zero-order valence-electron chi connectivity index (χ0n) is 11.0. The maximum absolute atomic E-state index is 9.78. The first-order chi connectivity index (χ1) is 9.08. The Bertz CT molecular complexity index is 557. The maximum Gasteiger partial charge on any atom is 0.134 e. The van der Waals surface area contributed by atoms with Crippen molar-refractivity contribution in [3.05, 3.63) is 58.7 Å². The lowest BCUT2D eigenvalue weighted by molar-refractivity contribution is 0.199. The Kier molecular flexibility index (Phi) is 4.40. The summed E-state index contributed by atoms with van der Waals surface area (Å²) in [6, 6.07) is 11.5. The number of anilines is 1. The molecule has 0 unspecified atom stereocenters. The molecular formula is C15H17ClN2O. The van der Waals surface area contributed by atoms with Crippen LogP contribution in [-0.4, -0.2) is 17.1 Å². The van der Waals surface area contributed by atoms with Gasteiger partial charge in [0.2, 0.25) is 0 Å². The van der Waals surface area contributed by atoms with E-state index in [0.717, 1.165) is 22.0 Å². The van der Waals surface area contributed by atoms with Gasteiger partial charge >= 0.3 is 0 Å². The molecule has 0 bridgehead atoms. The minimum absolute atomic E-state index is 0.537. The van der Waals surface area contributed by atoms with Crippen molar-refractivity contribution in [2.24, 2.45) is 0 Å². The predicted octanol–water partition coefficient (Wildman–Crippen LogP) is 3.42. The number of nitrogens with zero attached hydrogens (tertiary/aromatic N) is 2. The monoisotopic (exact) mass is 276 g/mol. The second-order valence-electron chi connectivity index (χ2n) is 4.58. The summed E-state index contributed by atoms with van der Waals surface area (Å²) >= 11 is 5.98. The van der Waals surface area contributed by atoms with Crippen LogP contribution in [0, 0.1) is 0 Å². The Morgan fingerprint density at radius 3 is 2.79 bits per heavy atom. The van der Waals surface area contributed by atoms with Gasteiger partial charge in [0, 0.05) is 30.4 Å². The molecule has 1 aromatic carbocycles. The topological polar surface area (TPSA) is 36.4 Å². The molecule has 1 N–H and O–H groups in total. The summed E-state index contributed by atoms with van der Waals surface area (Å²) in [6.07, 6.45) is 1.20. The minimum Gasteiger partial charge on any atom is -0.389 e. The molecule has 19 heavy (non-hydrogen) atoms. The van der Waals surface area contributed by atoms with Gasteiger partial charge in [-0.1, -0.05) is 29.8 Å². The Hall–Kier alpha value is -1.58. The van der Waals surface area contributed by atoms with Gasteiger partial charge in [-0.15, -0.1) is 0 Å². The number of pyridine rings is 1. The molecule has 1 atom stereocenters. The molecule has 4 heteroatoms. The van der Waals surface area contributed by atoms with E-state index in [1.807, 2.05) is 48.3 Å². The van der Waals surface area contributed by atoms with E-state index < -0.39 is 6.10 Å². The van der Waals surface area contributed by atoms with E-state index in [9.17, 15) is 5.11 Å². The van der Waals surface area contributed by atoms with Crippen molar-refractivity contribution < 1.29 is 5.11 Å². The van der Waals surface area contributed by atoms with E-state index in [4.69, 9.17) is 11.6 Å². The van der Waals surface area contributed by atoms with Gasteiger partial charge in [-0.3, -0.25) is 0 Å². The van der Waals surface area contributed by atoms with Crippen molar-refractivity contribution in [1.29, 1.82) is 0 Å². The fraction of sp³-hybridized carbons (Fsp3) is 0.267. The van der Waals surface area contributed by atoms with Crippen molar-refractivity contribution in [3.8, 4) is 0 Å². The molecule has 0 aliphatic rings. The quantitative estimate of drug-likeness (QED) is 0.929. The molecule has 2 aromatic rings. The fourth-order valence-corrected chi connectivity index (χ4v) is 2.25. The highest BCUT2D eigenvalue weighted by Crippen LogP contribution is 2.24. The summed E-state index contributed by atoms with van der Waals surface area (Å²) in [5.74, 6) is 0.789. The largest absolute Gasteiger partial charge is 0.389 e. The smallest absolute Gasteiger partial charge is 0.134 e. The van der Waals surface area contributed by atoms with E-state index >= 15 is 0 Å². The SMILES string of the molecule is C[C@@H](O)c1cccnc1N(C)Cc1cccc(Cl)c1. The van der Waals surface area contributed by atoms with Gasteiger partial charge in [0.05, 0.1) is 6.10 Å². The first kappa shape index (κ1) is 13.8. The van der Waals surface area contributed by atoms with E-state index in [1.54, 1.807) is 13.1 Å². The third-order valence-electron chi connectivity index (χ3n) is 2.94. The van der Waals surface area contributed by atoms with Crippen molar-refractivity contribution in [3.63, 3.8) is 0 Å². The Morgan fingerprint density at radius 2 is 2.11 bits per heavy atom. The van der Waals surface area contributed by atoms with Gasteiger partial charge < -0.3 is 10.0 Å². The minimum atomic E-state index is -0.537. The average Bonchev–Trinajstić information content (AvgIpc) is 2.38. The standard InChI is InChI=1S/C15H17ClN2O/c1-11(19)14-7-4-8-17-15(14)18(2)10-12-5-3-6-13(16)9-12/h3-9,11,19H,10H2,1-2H3/t11-/m1/s1. The van der Waals surface area contributed by atoms with Crippen molar-refractivity contribution in [2.45, 2.75) is 19.6 Å². The summed E-state index contributed by atoms with van der Waals surface area (Å²) in [5.41, 5.74) is 1.93. The van der Waals surface area contributed by atoms with Crippen molar-refractivity contribution >= 4 is 17.4 Å². The third kappa shape index (κ3) is 3.46. The van der Waals surface area contributed by atoms with Gasteiger partial charge in [-0.05, 0) is 30.7 Å². The van der Waals surface area contributed by atoms with Gasteiger partial charge in [-0.2, -0.15) is 0 Å². The number of rotatable bonds is 4. The summed E-state index contributed by atoms with van der Waals surface area (Å²) in [5, 5.41) is 10.5. The van der Waals surface area contributed by atoms with Crippen LogP contribution in [0.3, 0.4) is 0 Å². The number of aliphatic hydroxyl groups is 1. The number of hydrogen-bond acceptors (Lipinski definition) is 3. The Labute approximate surface area is 118 Å². The van der Waals surface area contributed by atoms with Gasteiger partial charge in [-0.25, -0.2) is 4.98 Å². The lowest BCUT2D eigenvalue weighted by Crippen LogP contribution is -2.20.